The van der Waals surface area contributed by atoms with Gasteiger partial charge in [0.2, 0.25) is 11.7 Å². The Bertz CT molecular complexity index is 1060. The molecule has 4 aromatic rings. The highest BCUT2D eigenvalue weighted by molar-refractivity contribution is 5.81. The van der Waals surface area contributed by atoms with Gasteiger partial charge in [-0.25, -0.2) is 19.5 Å². The van der Waals surface area contributed by atoms with E-state index >= 15 is 0 Å². The van der Waals surface area contributed by atoms with Crippen molar-refractivity contribution in [3.8, 4) is 28.7 Å². The van der Waals surface area contributed by atoms with Gasteiger partial charge in [-0.3, -0.25) is 4.98 Å². The predicted octanol–water partition coefficient (Wildman–Crippen LogP) is 2.15. The molecule has 4 aromatic heterocycles. The lowest BCUT2D eigenvalue weighted by Crippen LogP contribution is -2.03. The van der Waals surface area contributed by atoms with Gasteiger partial charge in [-0.15, -0.1) is 5.10 Å². The Kier molecular flexibility index (Phi) is 3.50. The van der Waals surface area contributed by atoms with Gasteiger partial charge in [0, 0.05) is 24.0 Å². The van der Waals surface area contributed by atoms with Gasteiger partial charge in [0.15, 0.2) is 5.82 Å². The van der Waals surface area contributed by atoms with Crippen LogP contribution >= 0.6 is 0 Å². The Labute approximate surface area is 143 Å². The number of methoxy groups -OCH3 is 1. The van der Waals surface area contributed by atoms with Gasteiger partial charge in [0.25, 0.3) is 0 Å². The maximum Gasteiger partial charge on any atom is 0.216 e. The van der Waals surface area contributed by atoms with E-state index in [9.17, 15) is 0 Å². The van der Waals surface area contributed by atoms with Crippen LogP contribution in [0.1, 0.15) is 5.56 Å². The number of ether oxygens (including phenoxy) is 1. The van der Waals surface area contributed by atoms with Gasteiger partial charge in [-0.05, 0) is 24.6 Å². The lowest BCUT2D eigenvalue weighted by molar-refractivity contribution is 0.397. The largest absolute Gasteiger partial charge is 0.481 e. The monoisotopic (exact) mass is 333 g/mol. The molecular weight excluding hydrogens is 318 g/mol. The van der Waals surface area contributed by atoms with Crippen LogP contribution in [-0.4, -0.2) is 36.7 Å². The van der Waals surface area contributed by atoms with Crippen molar-refractivity contribution in [1.29, 1.82) is 0 Å². The van der Waals surface area contributed by atoms with Crippen molar-refractivity contribution in [3.63, 3.8) is 0 Å². The van der Waals surface area contributed by atoms with Crippen molar-refractivity contribution in [1.82, 2.24) is 29.5 Å². The molecular formula is C17H15N7O. The SMILES string of the molecule is COc1cc(-c2cn3nc(-c4ccccn4)nc(N)c3c2C)ncn1. The maximum atomic E-state index is 6.19. The van der Waals surface area contributed by atoms with Crippen molar-refractivity contribution in [2.24, 2.45) is 0 Å². The second kappa shape index (κ2) is 5.82. The molecule has 0 aliphatic heterocycles. The van der Waals surface area contributed by atoms with Crippen LogP contribution in [0.2, 0.25) is 0 Å². The lowest BCUT2D eigenvalue weighted by Gasteiger charge is -2.04. The van der Waals surface area contributed by atoms with E-state index in [2.05, 4.69) is 25.0 Å². The Morgan fingerprint density at radius 3 is 2.76 bits per heavy atom. The minimum atomic E-state index is 0.389. The van der Waals surface area contributed by atoms with Crippen LogP contribution in [0, 0.1) is 6.92 Å². The highest BCUT2D eigenvalue weighted by Crippen LogP contribution is 2.30. The number of fused-ring (bicyclic) bond motifs is 1. The molecule has 0 saturated carbocycles. The first-order valence-corrected chi connectivity index (χ1v) is 7.60. The zero-order valence-corrected chi connectivity index (χ0v) is 13.7. The molecule has 2 N–H and O–H groups in total. The third kappa shape index (κ3) is 2.53. The summed E-state index contributed by atoms with van der Waals surface area (Å²) in [6.07, 6.45) is 5.03. The molecule has 25 heavy (non-hydrogen) atoms. The fraction of sp³-hybridized carbons (Fsp3) is 0.118. The topological polar surface area (TPSA) is 104 Å². The zero-order valence-electron chi connectivity index (χ0n) is 13.7. The van der Waals surface area contributed by atoms with Crippen LogP contribution < -0.4 is 10.5 Å². The molecule has 0 saturated heterocycles. The Morgan fingerprint density at radius 1 is 1.12 bits per heavy atom. The number of rotatable bonds is 3. The van der Waals surface area contributed by atoms with E-state index in [0.717, 1.165) is 22.3 Å². The second-order valence-electron chi connectivity index (χ2n) is 5.44. The second-order valence-corrected chi connectivity index (χ2v) is 5.44. The molecule has 0 amide bonds. The van der Waals surface area contributed by atoms with Crippen LogP contribution in [0.4, 0.5) is 5.82 Å². The summed E-state index contributed by atoms with van der Waals surface area (Å²) in [5.41, 5.74) is 10.1. The molecule has 0 spiro atoms. The number of anilines is 1. The molecule has 4 rings (SSSR count). The van der Waals surface area contributed by atoms with Crippen LogP contribution in [0.25, 0.3) is 28.3 Å². The van der Waals surface area contributed by atoms with Crippen molar-refractivity contribution in [2.75, 3.05) is 12.8 Å². The molecule has 124 valence electrons. The van der Waals surface area contributed by atoms with Crippen molar-refractivity contribution < 1.29 is 4.74 Å². The van der Waals surface area contributed by atoms with E-state index in [1.165, 1.54) is 6.33 Å². The minimum Gasteiger partial charge on any atom is -0.481 e. The third-order valence-corrected chi connectivity index (χ3v) is 3.93. The smallest absolute Gasteiger partial charge is 0.216 e. The number of aryl methyl sites for hydroxylation is 1. The van der Waals surface area contributed by atoms with Crippen LogP contribution in [0.15, 0.2) is 43.0 Å². The molecule has 0 aliphatic carbocycles. The van der Waals surface area contributed by atoms with E-state index in [1.807, 2.05) is 31.3 Å². The molecule has 0 unspecified atom stereocenters. The van der Waals surface area contributed by atoms with Gasteiger partial charge in [-0.1, -0.05) is 6.07 Å². The predicted molar refractivity (Wildman–Crippen MR) is 92.9 cm³/mol. The Balaban J connectivity index is 1.91. The van der Waals surface area contributed by atoms with Gasteiger partial charge in [0.05, 0.1) is 12.8 Å². The summed E-state index contributed by atoms with van der Waals surface area (Å²) < 4.78 is 6.89. The van der Waals surface area contributed by atoms with E-state index < -0.39 is 0 Å². The number of nitrogens with zero attached hydrogens (tertiary/aromatic N) is 6. The fourth-order valence-electron chi connectivity index (χ4n) is 2.72. The average Bonchev–Trinajstić information content (AvgIpc) is 2.99. The molecule has 0 fully saturated rings. The quantitative estimate of drug-likeness (QED) is 0.612. The standard InChI is InChI=1S/C17H15N7O/c1-10-11(13-7-14(25-2)21-9-20-13)8-24-15(10)16(18)22-17(23-24)12-5-3-4-6-19-12/h3-9H,1-2H3,(H2,18,22,23). The molecule has 8 nitrogen and oxygen atoms in total. The normalized spacial score (nSPS) is 11.0. The fourth-order valence-corrected chi connectivity index (χ4v) is 2.72. The summed E-state index contributed by atoms with van der Waals surface area (Å²) in [4.78, 5) is 17.0. The van der Waals surface area contributed by atoms with Gasteiger partial charge < -0.3 is 10.5 Å². The summed E-state index contributed by atoms with van der Waals surface area (Å²) in [7, 11) is 1.57. The molecule has 8 heteroatoms. The van der Waals surface area contributed by atoms with E-state index in [4.69, 9.17) is 10.5 Å². The summed E-state index contributed by atoms with van der Waals surface area (Å²) in [5.74, 6) is 1.35. The molecule has 0 aliphatic rings. The summed E-state index contributed by atoms with van der Waals surface area (Å²) in [6.45, 7) is 1.96. The number of hydrogen-bond acceptors (Lipinski definition) is 7. The Morgan fingerprint density at radius 2 is 2.00 bits per heavy atom. The number of pyridine rings is 1. The van der Waals surface area contributed by atoms with Gasteiger partial charge in [0.1, 0.15) is 17.5 Å². The van der Waals surface area contributed by atoms with Gasteiger partial charge >= 0.3 is 0 Å². The highest BCUT2D eigenvalue weighted by atomic mass is 16.5. The highest BCUT2D eigenvalue weighted by Gasteiger charge is 2.16. The van der Waals surface area contributed by atoms with Crippen molar-refractivity contribution in [3.05, 3.63) is 48.5 Å². The van der Waals surface area contributed by atoms with E-state index in [1.54, 1.807) is 23.9 Å². The first kappa shape index (κ1) is 15.0. The number of nitrogens with two attached hydrogens (primary N) is 1. The first-order chi connectivity index (χ1) is 12.2. The molecule has 0 aromatic carbocycles. The number of aromatic nitrogens is 6. The van der Waals surface area contributed by atoms with Crippen molar-refractivity contribution >= 4 is 11.3 Å². The molecule has 4 heterocycles. The van der Waals surface area contributed by atoms with Crippen LogP contribution in [0.5, 0.6) is 5.88 Å². The first-order valence-electron chi connectivity index (χ1n) is 7.60. The van der Waals surface area contributed by atoms with Crippen LogP contribution in [0.3, 0.4) is 0 Å². The summed E-state index contributed by atoms with van der Waals surface area (Å²) in [5, 5.41) is 4.54. The minimum absolute atomic E-state index is 0.389. The molecule has 0 bridgehead atoms. The zero-order chi connectivity index (χ0) is 17.4. The molecule has 0 radical (unpaired) electrons. The average molecular weight is 333 g/mol. The van der Waals surface area contributed by atoms with E-state index in [-0.39, 0.29) is 0 Å². The summed E-state index contributed by atoms with van der Waals surface area (Å²) in [6, 6.07) is 7.33. The number of hydrogen-bond donors (Lipinski definition) is 1. The van der Waals surface area contributed by atoms with Crippen molar-refractivity contribution in [2.45, 2.75) is 6.92 Å². The Hall–Kier alpha value is -3.55. The maximum absolute atomic E-state index is 6.19. The lowest BCUT2D eigenvalue weighted by atomic mass is 10.1. The molecule has 0 atom stereocenters. The van der Waals surface area contributed by atoms with Crippen LogP contribution in [-0.2, 0) is 0 Å². The van der Waals surface area contributed by atoms with E-state index in [0.29, 0.717) is 23.2 Å². The van der Waals surface area contributed by atoms with Gasteiger partial charge in [-0.2, -0.15) is 0 Å². The third-order valence-electron chi connectivity index (χ3n) is 3.93. The number of nitrogen functional groups attached to an aromatic ring is 1. The summed E-state index contributed by atoms with van der Waals surface area (Å²) >= 11 is 0.